The van der Waals surface area contributed by atoms with E-state index in [4.69, 9.17) is 0 Å². The lowest BCUT2D eigenvalue weighted by Gasteiger charge is -2.05. The molecule has 29 heavy (non-hydrogen) atoms. The van der Waals surface area contributed by atoms with Gasteiger partial charge >= 0.3 is 0 Å². The minimum Gasteiger partial charge on any atom is -1.00 e. The number of carbonyl (C=O) groups excluding carboxylic acids is 1. The molecule has 2 heterocycles. The second kappa shape index (κ2) is 9.47. The summed E-state index contributed by atoms with van der Waals surface area (Å²) in [5.74, 6) is -0.345. The van der Waals surface area contributed by atoms with Crippen LogP contribution in [0.15, 0.2) is 79.3 Å². The summed E-state index contributed by atoms with van der Waals surface area (Å²) in [5.41, 5.74) is 3.78. The van der Waals surface area contributed by atoms with E-state index in [1.807, 2.05) is 47.4 Å². The third-order valence-electron chi connectivity index (χ3n) is 4.76. The van der Waals surface area contributed by atoms with Gasteiger partial charge in [0.1, 0.15) is 5.82 Å². The lowest BCUT2D eigenvalue weighted by atomic mass is 10.1. The number of H-pyrrole nitrogens is 1. The zero-order chi connectivity index (χ0) is 19.3. The number of aromatic amines is 1. The Morgan fingerprint density at radius 2 is 1.83 bits per heavy atom. The predicted octanol–water partition coefficient (Wildman–Crippen LogP) is 0.619. The average Bonchev–Trinajstić information content (AvgIpc) is 3.12. The largest absolute Gasteiger partial charge is 1.00 e. The molecule has 4 rings (SSSR count). The molecule has 6 heteroatoms. The number of nitrogens with one attached hydrogen (secondary N) is 2. The maximum Gasteiger partial charge on any atom is 0.251 e. The van der Waals surface area contributed by atoms with Crippen LogP contribution in [0.25, 0.3) is 10.9 Å². The van der Waals surface area contributed by atoms with Crippen LogP contribution in [0.4, 0.5) is 4.39 Å². The number of amides is 1. The molecule has 1 amide bonds. The number of halogens is 2. The van der Waals surface area contributed by atoms with Crippen molar-refractivity contribution in [1.29, 1.82) is 0 Å². The molecule has 0 aliphatic rings. The molecule has 4 nitrogen and oxygen atoms in total. The number of carbonyl (C=O) groups is 1. The van der Waals surface area contributed by atoms with Gasteiger partial charge < -0.3 is 27.3 Å². The molecular weight excluding hydrogens is 433 g/mol. The Morgan fingerprint density at radius 3 is 2.62 bits per heavy atom. The van der Waals surface area contributed by atoms with Crippen LogP contribution < -0.4 is 26.9 Å². The quantitative estimate of drug-likeness (QED) is 0.413. The predicted molar refractivity (Wildman–Crippen MR) is 106 cm³/mol. The normalized spacial score (nSPS) is 10.5. The Hall–Kier alpha value is -2.99. The summed E-state index contributed by atoms with van der Waals surface area (Å²) in [7, 11) is 0. The van der Waals surface area contributed by atoms with Crippen molar-refractivity contribution in [3.8, 4) is 0 Å². The number of rotatable bonds is 6. The first kappa shape index (κ1) is 20.7. The number of benzene rings is 2. The Kier molecular flexibility index (Phi) is 6.77. The third kappa shape index (κ3) is 5.09. The smallest absolute Gasteiger partial charge is 0.251 e. The number of aromatic nitrogens is 2. The lowest BCUT2D eigenvalue weighted by molar-refractivity contribution is -0.688. The molecule has 4 aromatic rings. The molecule has 148 valence electrons. The van der Waals surface area contributed by atoms with Crippen LogP contribution >= 0.6 is 0 Å². The minimum absolute atomic E-state index is 0. The Labute approximate surface area is 179 Å². The third-order valence-corrected chi connectivity index (χ3v) is 4.76. The molecule has 0 radical (unpaired) electrons. The monoisotopic (exact) mass is 453 g/mol. The van der Waals surface area contributed by atoms with Gasteiger partial charge in [-0.25, -0.2) is 8.96 Å². The highest BCUT2D eigenvalue weighted by Gasteiger charge is 2.10. The van der Waals surface area contributed by atoms with E-state index >= 15 is 0 Å². The summed E-state index contributed by atoms with van der Waals surface area (Å²) in [6.45, 7) is 1.12. The van der Waals surface area contributed by atoms with Crippen LogP contribution in [0.5, 0.6) is 0 Å². The van der Waals surface area contributed by atoms with Gasteiger partial charge in [-0.3, -0.25) is 4.79 Å². The molecule has 0 fully saturated rings. The highest BCUT2D eigenvalue weighted by Crippen LogP contribution is 2.17. The van der Waals surface area contributed by atoms with Crippen molar-refractivity contribution < 1.29 is 30.7 Å². The molecule has 0 unspecified atom stereocenters. The highest BCUT2D eigenvalue weighted by atomic mass is 79.9. The maximum atomic E-state index is 13.3. The Bertz CT molecular complexity index is 1110. The first-order valence-electron chi connectivity index (χ1n) is 9.26. The van der Waals surface area contributed by atoms with Gasteiger partial charge in [0.05, 0.1) is 5.56 Å². The summed E-state index contributed by atoms with van der Waals surface area (Å²) < 4.78 is 15.2. The number of fused-ring (bicyclic) bond motifs is 1. The van der Waals surface area contributed by atoms with Crippen molar-refractivity contribution >= 4 is 16.8 Å². The van der Waals surface area contributed by atoms with Gasteiger partial charge in [-0.1, -0.05) is 30.3 Å². The molecule has 2 aromatic carbocycles. The molecule has 0 saturated carbocycles. The van der Waals surface area contributed by atoms with E-state index in [-0.39, 0.29) is 28.7 Å². The molecule has 0 bridgehead atoms. The number of pyridine rings is 1. The first-order chi connectivity index (χ1) is 13.7. The van der Waals surface area contributed by atoms with Gasteiger partial charge in [-0.05, 0) is 30.2 Å². The number of hydrogen-bond donors (Lipinski definition) is 2. The minimum atomic E-state index is -0.246. The zero-order valence-electron chi connectivity index (χ0n) is 15.7. The molecule has 0 saturated heterocycles. The van der Waals surface area contributed by atoms with Gasteiger partial charge in [0, 0.05) is 41.3 Å². The van der Waals surface area contributed by atoms with Gasteiger partial charge in [-0.2, -0.15) is 0 Å². The van der Waals surface area contributed by atoms with E-state index < -0.39 is 0 Å². The van der Waals surface area contributed by atoms with Crippen LogP contribution in [0.1, 0.15) is 21.5 Å². The zero-order valence-corrected chi connectivity index (χ0v) is 17.3. The summed E-state index contributed by atoms with van der Waals surface area (Å²) in [5, 5.41) is 4.16. The molecule has 2 N–H and O–H groups in total. The van der Waals surface area contributed by atoms with Gasteiger partial charge in [0.2, 0.25) is 0 Å². The number of para-hydroxylation sites is 1. The van der Waals surface area contributed by atoms with Crippen molar-refractivity contribution in [2.24, 2.45) is 0 Å². The average molecular weight is 454 g/mol. The number of nitrogens with zero attached hydrogens (tertiary/aromatic N) is 1. The van der Waals surface area contributed by atoms with Gasteiger partial charge in [0.25, 0.3) is 5.91 Å². The summed E-state index contributed by atoms with van der Waals surface area (Å²) in [4.78, 5) is 15.6. The van der Waals surface area contributed by atoms with Gasteiger partial charge in [0.15, 0.2) is 18.9 Å². The second-order valence-corrected chi connectivity index (χ2v) is 6.75. The molecule has 0 spiro atoms. The molecule has 0 atom stereocenters. The van der Waals surface area contributed by atoms with Crippen LogP contribution in [-0.2, 0) is 13.0 Å². The van der Waals surface area contributed by atoms with Crippen molar-refractivity contribution in [2.45, 2.75) is 13.0 Å². The fourth-order valence-corrected chi connectivity index (χ4v) is 3.31. The SMILES string of the molecule is O=C(NCCc1c[nH]c2ccccc12)c1cc[n+](Cc2cccc(F)c2)cc1.[Br-]. The molecule has 0 aliphatic carbocycles. The first-order valence-corrected chi connectivity index (χ1v) is 9.26. The molecule has 2 aromatic heterocycles. The van der Waals surface area contributed by atoms with Crippen LogP contribution in [0.2, 0.25) is 0 Å². The lowest BCUT2D eigenvalue weighted by Crippen LogP contribution is -3.00. The molecular formula is C23H21BrFN3O. The standard InChI is InChI=1S/C23H20FN3O.BrH/c24-20-5-3-4-17(14-20)16-27-12-9-18(10-13-27)23(28)25-11-8-19-15-26-22-7-2-1-6-21(19)22;/h1-7,9-10,12-15,26H,8,11,16H2;1H. The van der Waals surface area contributed by atoms with E-state index in [2.05, 4.69) is 16.4 Å². The van der Waals surface area contributed by atoms with E-state index in [1.54, 1.807) is 18.2 Å². The van der Waals surface area contributed by atoms with Crippen LogP contribution in [0, 0.1) is 5.82 Å². The Morgan fingerprint density at radius 1 is 1.03 bits per heavy atom. The fourth-order valence-electron chi connectivity index (χ4n) is 3.31. The van der Waals surface area contributed by atoms with E-state index in [0.29, 0.717) is 18.7 Å². The van der Waals surface area contributed by atoms with Crippen LogP contribution in [-0.4, -0.2) is 17.4 Å². The van der Waals surface area contributed by atoms with E-state index in [1.165, 1.54) is 23.1 Å². The fraction of sp³-hybridized carbons (Fsp3) is 0.130. The Balaban J connectivity index is 0.00000240. The van der Waals surface area contributed by atoms with Crippen molar-refractivity contribution in [1.82, 2.24) is 10.3 Å². The maximum absolute atomic E-state index is 13.3. The van der Waals surface area contributed by atoms with Crippen molar-refractivity contribution in [3.05, 3.63) is 102 Å². The van der Waals surface area contributed by atoms with Crippen LogP contribution in [0.3, 0.4) is 0 Å². The summed E-state index contributed by atoms with van der Waals surface area (Å²) in [6.07, 6.45) is 6.43. The van der Waals surface area contributed by atoms with Gasteiger partial charge in [-0.15, -0.1) is 0 Å². The number of hydrogen-bond acceptors (Lipinski definition) is 1. The topological polar surface area (TPSA) is 48.8 Å². The summed E-state index contributed by atoms with van der Waals surface area (Å²) >= 11 is 0. The molecule has 0 aliphatic heterocycles. The van der Waals surface area contributed by atoms with Crippen molar-refractivity contribution in [3.63, 3.8) is 0 Å². The van der Waals surface area contributed by atoms with E-state index in [0.717, 1.165) is 17.5 Å². The second-order valence-electron chi connectivity index (χ2n) is 6.75. The van der Waals surface area contributed by atoms with E-state index in [9.17, 15) is 9.18 Å². The highest BCUT2D eigenvalue weighted by molar-refractivity contribution is 5.93. The van der Waals surface area contributed by atoms with Crippen molar-refractivity contribution in [2.75, 3.05) is 6.54 Å². The summed E-state index contributed by atoms with van der Waals surface area (Å²) in [6, 6.07) is 18.2.